The van der Waals surface area contributed by atoms with Gasteiger partial charge in [0.1, 0.15) is 18.3 Å². The Morgan fingerprint density at radius 3 is 2.09 bits per heavy atom. The molecule has 0 spiro atoms. The molecular weight excluding hydrogens is 552 g/mol. The first-order chi connectivity index (χ1) is 20.9. The molecule has 0 aliphatic carbocycles. The SMILES string of the molecule is C.CN1CCN(Cc2ccc(C=O)cc2)CC1.COCCN1CCN(C(c2cccc(O)c2)c2cccc(C=O)c2)C(C)C1. The lowest BCUT2D eigenvalue weighted by Gasteiger charge is -2.44. The van der Waals surface area contributed by atoms with Crippen LogP contribution in [0.4, 0.5) is 0 Å². The molecule has 2 atom stereocenters. The first-order valence-electron chi connectivity index (χ1n) is 15.2. The van der Waals surface area contributed by atoms with E-state index in [2.05, 4.69) is 39.6 Å². The first kappa shape index (κ1) is 35.1. The molecule has 3 aromatic rings. The fourth-order valence-electron chi connectivity index (χ4n) is 5.89. The molecule has 2 fully saturated rings. The minimum Gasteiger partial charge on any atom is -0.508 e. The highest BCUT2D eigenvalue weighted by atomic mass is 16.5. The number of hydrogen-bond donors (Lipinski definition) is 1. The van der Waals surface area contributed by atoms with E-state index in [1.54, 1.807) is 13.2 Å². The summed E-state index contributed by atoms with van der Waals surface area (Å²) < 4.78 is 5.22. The lowest BCUT2D eigenvalue weighted by Crippen LogP contribution is -2.53. The molecule has 238 valence electrons. The summed E-state index contributed by atoms with van der Waals surface area (Å²) in [5.41, 5.74) is 4.82. The number of phenols is 1. The third-order valence-corrected chi connectivity index (χ3v) is 8.37. The van der Waals surface area contributed by atoms with Gasteiger partial charge in [-0.15, -0.1) is 0 Å². The van der Waals surface area contributed by atoms with Crippen molar-refractivity contribution in [2.24, 2.45) is 0 Å². The minimum atomic E-state index is -0.00317. The number of aromatic hydroxyl groups is 1. The number of nitrogens with zero attached hydrogens (tertiary/aromatic N) is 4. The molecule has 5 rings (SSSR count). The second-order valence-electron chi connectivity index (χ2n) is 11.6. The quantitative estimate of drug-likeness (QED) is 0.331. The van der Waals surface area contributed by atoms with Gasteiger partial charge in [-0.05, 0) is 48.9 Å². The highest BCUT2D eigenvalue weighted by Gasteiger charge is 2.31. The van der Waals surface area contributed by atoms with Crippen molar-refractivity contribution in [1.29, 1.82) is 0 Å². The Morgan fingerprint density at radius 1 is 0.841 bits per heavy atom. The van der Waals surface area contributed by atoms with E-state index in [0.29, 0.717) is 11.6 Å². The molecule has 8 heteroatoms. The molecule has 1 N–H and O–H groups in total. The minimum absolute atomic E-state index is 0. The number of carbonyl (C=O) groups excluding carboxylic acids is 2. The summed E-state index contributed by atoms with van der Waals surface area (Å²) in [6.45, 7) is 12.3. The molecule has 0 radical (unpaired) electrons. The van der Waals surface area contributed by atoms with E-state index >= 15 is 0 Å². The number of methoxy groups -OCH3 is 1. The van der Waals surface area contributed by atoms with Gasteiger partial charge < -0.3 is 14.7 Å². The van der Waals surface area contributed by atoms with Crippen molar-refractivity contribution in [3.63, 3.8) is 0 Å². The summed E-state index contributed by atoms with van der Waals surface area (Å²) in [4.78, 5) is 31.5. The van der Waals surface area contributed by atoms with E-state index in [0.717, 1.165) is 94.8 Å². The Labute approximate surface area is 263 Å². The summed E-state index contributed by atoms with van der Waals surface area (Å²) >= 11 is 0. The van der Waals surface area contributed by atoms with Crippen LogP contribution in [-0.2, 0) is 11.3 Å². The van der Waals surface area contributed by atoms with E-state index in [4.69, 9.17) is 4.74 Å². The van der Waals surface area contributed by atoms with Crippen molar-refractivity contribution in [2.45, 2.75) is 33.0 Å². The normalized spacial score (nSPS) is 18.8. The zero-order chi connectivity index (χ0) is 30.6. The standard InChI is InChI=1S/C22H28N2O3.C13H18N2O.CH4/c1-17-15-23(11-12-27-2)9-10-24(17)22(20-7-4-8-21(26)14-20)19-6-3-5-18(13-19)16-25;1-14-6-8-15(9-7-14)10-12-2-4-13(11-16)5-3-12;/h3-8,13-14,16-17,22,26H,9-12,15H2,1-2H3;2-5,11H,6-10H2,1H3;1H4. The highest BCUT2D eigenvalue weighted by Crippen LogP contribution is 2.33. The van der Waals surface area contributed by atoms with Gasteiger partial charge in [0.15, 0.2) is 0 Å². The average Bonchev–Trinajstić information content (AvgIpc) is 3.03. The van der Waals surface area contributed by atoms with Crippen LogP contribution in [0.1, 0.15) is 57.8 Å². The number of rotatable bonds is 10. The van der Waals surface area contributed by atoms with Gasteiger partial charge in [-0.2, -0.15) is 0 Å². The van der Waals surface area contributed by atoms with Crippen molar-refractivity contribution < 1.29 is 19.4 Å². The van der Waals surface area contributed by atoms with E-state index < -0.39 is 0 Å². The molecule has 0 saturated carbocycles. The number of piperazine rings is 2. The molecule has 2 saturated heterocycles. The van der Waals surface area contributed by atoms with E-state index in [1.165, 1.54) is 5.56 Å². The molecule has 44 heavy (non-hydrogen) atoms. The zero-order valence-corrected chi connectivity index (χ0v) is 25.8. The predicted molar refractivity (Wildman–Crippen MR) is 178 cm³/mol. The molecule has 0 amide bonds. The van der Waals surface area contributed by atoms with Crippen molar-refractivity contribution >= 4 is 12.6 Å². The van der Waals surface area contributed by atoms with Crippen LogP contribution in [0.25, 0.3) is 0 Å². The van der Waals surface area contributed by atoms with E-state index in [9.17, 15) is 14.7 Å². The van der Waals surface area contributed by atoms with Crippen LogP contribution in [-0.4, -0.2) is 116 Å². The number of likely N-dealkylation sites (N-methyl/N-ethyl adjacent to an activating group) is 1. The van der Waals surface area contributed by atoms with Crippen LogP contribution in [0.2, 0.25) is 0 Å². The van der Waals surface area contributed by atoms with Gasteiger partial charge in [0.05, 0.1) is 12.6 Å². The molecule has 2 heterocycles. The predicted octanol–water partition coefficient (Wildman–Crippen LogP) is 4.83. The molecule has 2 unspecified atom stereocenters. The Morgan fingerprint density at radius 2 is 1.48 bits per heavy atom. The summed E-state index contributed by atoms with van der Waals surface area (Å²) in [5, 5.41) is 10.0. The maximum atomic E-state index is 11.3. The van der Waals surface area contributed by atoms with Gasteiger partial charge in [0, 0.05) is 83.2 Å². The number of ether oxygens (including phenoxy) is 1. The smallest absolute Gasteiger partial charge is 0.150 e. The summed E-state index contributed by atoms with van der Waals surface area (Å²) in [5.74, 6) is 0.260. The Kier molecular flexibility index (Phi) is 14.2. The van der Waals surface area contributed by atoms with Gasteiger partial charge in [-0.1, -0.05) is 62.0 Å². The Bertz CT molecular complexity index is 1290. The van der Waals surface area contributed by atoms with Crippen molar-refractivity contribution in [2.75, 3.05) is 73.1 Å². The third kappa shape index (κ3) is 10.1. The maximum Gasteiger partial charge on any atom is 0.150 e. The van der Waals surface area contributed by atoms with Crippen molar-refractivity contribution in [3.8, 4) is 5.75 Å². The second-order valence-corrected chi connectivity index (χ2v) is 11.6. The van der Waals surface area contributed by atoms with Crippen LogP contribution in [0.15, 0.2) is 72.8 Å². The molecule has 0 bridgehead atoms. The summed E-state index contributed by atoms with van der Waals surface area (Å²) in [7, 11) is 3.90. The van der Waals surface area contributed by atoms with Gasteiger partial charge in [0.25, 0.3) is 0 Å². The lowest BCUT2D eigenvalue weighted by molar-refractivity contribution is 0.0458. The number of carbonyl (C=O) groups is 2. The monoisotopic (exact) mass is 602 g/mol. The van der Waals surface area contributed by atoms with Gasteiger partial charge in [0.2, 0.25) is 0 Å². The highest BCUT2D eigenvalue weighted by molar-refractivity contribution is 5.75. The largest absolute Gasteiger partial charge is 0.508 e. The number of aldehydes is 2. The Hall–Kier alpha value is -3.40. The molecule has 3 aromatic carbocycles. The fourth-order valence-corrected chi connectivity index (χ4v) is 5.89. The lowest BCUT2D eigenvalue weighted by atomic mass is 9.93. The van der Waals surface area contributed by atoms with Gasteiger partial charge in [-0.3, -0.25) is 24.3 Å². The van der Waals surface area contributed by atoms with E-state index in [-0.39, 0.29) is 19.2 Å². The molecule has 2 aliphatic heterocycles. The van der Waals surface area contributed by atoms with E-state index in [1.807, 2.05) is 60.7 Å². The first-order valence-corrected chi connectivity index (χ1v) is 15.2. The summed E-state index contributed by atoms with van der Waals surface area (Å²) in [6, 6.07) is 23.4. The maximum absolute atomic E-state index is 11.3. The van der Waals surface area contributed by atoms with Crippen LogP contribution in [0.3, 0.4) is 0 Å². The van der Waals surface area contributed by atoms with Gasteiger partial charge >= 0.3 is 0 Å². The van der Waals surface area contributed by atoms with Crippen LogP contribution < -0.4 is 0 Å². The van der Waals surface area contributed by atoms with Crippen LogP contribution in [0.5, 0.6) is 5.75 Å². The molecule has 2 aliphatic rings. The third-order valence-electron chi connectivity index (χ3n) is 8.37. The molecule has 0 aromatic heterocycles. The zero-order valence-electron chi connectivity index (χ0n) is 25.8. The van der Waals surface area contributed by atoms with Crippen LogP contribution >= 0.6 is 0 Å². The number of hydrogen-bond acceptors (Lipinski definition) is 8. The van der Waals surface area contributed by atoms with Crippen molar-refractivity contribution in [1.82, 2.24) is 19.6 Å². The van der Waals surface area contributed by atoms with Gasteiger partial charge in [-0.25, -0.2) is 0 Å². The topological polar surface area (TPSA) is 76.6 Å². The Balaban J connectivity index is 0.000000266. The van der Waals surface area contributed by atoms with Crippen molar-refractivity contribution in [3.05, 3.63) is 101 Å². The number of phenolic OH excluding ortho intramolecular Hbond substituents is 1. The average molecular weight is 603 g/mol. The molecular formula is C36H50N4O4. The fraction of sp³-hybridized carbons (Fsp3) is 0.444. The summed E-state index contributed by atoms with van der Waals surface area (Å²) in [6.07, 6.45) is 1.77. The second kappa shape index (κ2) is 17.8. The molecule has 8 nitrogen and oxygen atoms in total. The number of benzene rings is 3. The van der Waals surface area contributed by atoms with Crippen LogP contribution in [0, 0.1) is 0 Å².